The molecule has 1 aromatic rings. The summed E-state index contributed by atoms with van der Waals surface area (Å²) in [5, 5.41) is 9.23. The second kappa shape index (κ2) is 4.70. The Labute approximate surface area is 95.9 Å². The third-order valence-corrected chi connectivity index (χ3v) is 3.05. The van der Waals surface area contributed by atoms with Crippen molar-refractivity contribution in [2.24, 2.45) is 5.92 Å². The average molecular weight is 222 g/mol. The van der Waals surface area contributed by atoms with Crippen molar-refractivity contribution in [3.63, 3.8) is 0 Å². The third-order valence-electron chi connectivity index (χ3n) is 3.05. The lowest BCUT2D eigenvalue weighted by Gasteiger charge is -2.34. The highest BCUT2D eigenvalue weighted by Crippen LogP contribution is 2.28. The maximum Gasteiger partial charge on any atom is 0.214 e. The molecule has 0 spiro atoms. The van der Waals surface area contributed by atoms with Gasteiger partial charge in [0.1, 0.15) is 5.82 Å². The number of anilines is 1. The molecule has 1 fully saturated rings. The molecule has 0 unspecified atom stereocenters. The Morgan fingerprint density at radius 2 is 2.25 bits per heavy atom. The number of hydrogen-bond acceptors (Lipinski definition) is 4. The van der Waals surface area contributed by atoms with Gasteiger partial charge in [0.05, 0.1) is 13.2 Å². The number of pyridine rings is 1. The number of aliphatic hydroxyl groups is 1. The van der Waals surface area contributed by atoms with E-state index in [-0.39, 0.29) is 6.10 Å². The van der Waals surface area contributed by atoms with Crippen LogP contribution in [0.5, 0.6) is 5.88 Å². The van der Waals surface area contributed by atoms with Gasteiger partial charge >= 0.3 is 0 Å². The van der Waals surface area contributed by atoms with E-state index in [2.05, 4.69) is 9.88 Å². The normalized spacial score (nSPS) is 23.7. The highest BCUT2D eigenvalue weighted by atomic mass is 16.5. The number of aromatic nitrogens is 1. The Balaban J connectivity index is 1.94. The fraction of sp³-hybridized carbons (Fsp3) is 0.583. The maximum absolute atomic E-state index is 9.23. The first-order valence-corrected chi connectivity index (χ1v) is 5.59. The van der Waals surface area contributed by atoms with Crippen LogP contribution in [0.3, 0.4) is 0 Å². The van der Waals surface area contributed by atoms with Crippen LogP contribution in [0.4, 0.5) is 5.82 Å². The lowest BCUT2D eigenvalue weighted by molar-refractivity contribution is 0.0464. The van der Waals surface area contributed by atoms with E-state index < -0.39 is 0 Å². The van der Waals surface area contributed by atoms with Crippen LogP contribution in [0.2, 0.25) is 0 Å². The van der Waals surface area contributed by atoms with Crippen LogP contribution >= 0.6 is 0 Å². The van der Waals surface area contributed by atoms with Gasteiger partial charge in [-0.3, -0.25) is 0 Å². The van der Waals surface area contributed by atoms with E-state index in [1.165, 1.54) is 0 Å². The van der Waals surface area contributed by atoms with Crippen molar-refractivity contribution in [1.82, 2.24) is 4.98 Å². The zero-order chi connectivity index (χ0) is 11.5. The third kappa shape index (κ3) is 2.44. The quantitative estimate of drug-likeness (QED) is 0.834. The lowest BCUT2D eigenvalue weighted by atomic mass is 9.82. The van der Waals surface area contributed by atoms with Gasteiger partial charge in [0, 0.05) is 19.7 Å². The minimum absolute atomic E-state index is 0.0864. The number of rotatable bonds is 4. The first-order chi connectivity index (χ1) is 7.69. The molecule has 0 saturated heterocycles. The molecule has 0 aromatic carbocycles. The summed E-state index contributed by atoms with van der Waals surface area (Å²) in [5.41, 5.74) is 0. The minimum atomic E-state index is -0.0864. The number of hydrogen-bond donors (Lipinski definition) is 1. The van der Waals surface area contributed by atoms with Crippen molar-refractivity contribution in [3.8, 4) is 5.88 Å². The molecule has 16 heavy (non-hydrogen) atoms. The van der Waals surface area contributed by atoms with Crippen LogP contribution in [0, 0.1) is 5.92 Å². The Morgan fingerprint density at radius 1 is 1.50 bits per heavy atom. The average Bonchev–Trinajstić information content (AvgIpc) is 2.27. The first-order valence-electron chi connectivity index (χ1n) is 5.59. The predicted molar refractivity (Wildman–Crippen MR) is 62.8 cm³/mol. The van der Waals surface area contributed by atoms with Gasteiger partial charge in [-0.1, -0.05) is 6.07 Å². The molecule has 0 aliphatic heterocycles. The topological polar surface area (TPSA) is 45.6 Å². The number of nitrogens with zero attached hydrogens (tertiary/aromatic N) is 2. The van der Waals surface area contributed by atoms with Crippen molar-refractivity contribution < 1.29 is 9.84 Å². The van der Waals surface area contributed by atoms with Gasteiger partial charge in [0.15, 0.2) is 0 Å². The van der Waals surface area contributed by atoms with E-state index in [1.54, 1.807) is 7.11 Å². The SMILES string of the molecule is COc1cccc(N(C)CC2CC(O)C2)n1. The molecule has 1 N–H and O–H groups in total. The van der Waals surface area contributed by atoms with E-state index in [0.29, 0.717) is 11.8 Å². The van der Waals surface area contributed by atoms with Gasteiger partial charge in [-0.2, -0.15) is 4.98 Å². The summed E-state index contributed by atoms with van der Waals surface area (Å²) in [6.45, 7) is 0.942. The minimum Gasteiger partial charge on any atom is -0.481 e. The van der Waals surface area contributed by atoms with Gasteiger partial charge in [0.2, 0.25) is 5.88 Å². The van der Waals surface area contributed by atoms with Gasteiger partial charge in [-0.25, -0.2) is 0 Å². The Bertz CT molecular complexity index is 351. The molecule has 1 aliphatic carbocycles. The molecule has 0 bridgehead atoms. The molecule has 1 heterocycles. The zero-order valence-corrected chi connectivity index (χ0v) is 9.76. The van der Waals surface area contributed by atoms with Crippen molar-refractivity contribution in [2.45, 2.75) is 18.9 Å². The monoisotopic (exact) mass is 222 g/mol. The predicted octanol–water partition coefficient (Wildman–Crippen LogP) is 1.30. The largest absolute Gasteiger partial charge is 0.481 e. The van der Waals surface area contributed by atoms with Crippen LogP contribution in [-0.4, -0.2) is 36.9 Å². The molecule has 88 valence electrons. The maximum atomic E-state index is 9.23. The molecule has 0 atom stereocenters. The van der Waals surface area contributed by atoms with Gasteiger partial charge in [0.25, 0.3) is 0 Å². The molecule has 1 saturated carbocycles. The fourth-order valence-corrected chi connectivity index (χ4v) is 2.06. The molecule has 2 rings (SSSR count). The molecule has 0 radical (unpaired) electrons. The summed E-state index contributed by atoms with van der Waals surface area (Å²) in [6, 6.07) is 5.75. The summed E-state index contributed by atoms with van der Waals surface area (Å²) in [6.07, 6.45) is 1.74. The fourth-order valence-electron chi connectivity index (χ4n) is 2.06. The van der Waals surface area contributed by atoms with E-state index in [4.69, 9.17) is 4.74 Å². The van der Waals surface area contributed by atoms with Crippen LogP contribution in [0.1, 0.15) is 12.8 Å². The van der Waals surface area contributed by atoms with E-state index in [9.17, 15) is 5.11 Å². The summed E-state index contributed by atoms with van der Waals surface area (Å²) in [7, 11) is 3.64. The summed E-state index contributed by atoms with van der Waals surface area (Å²) in [4.78, 5) is 6.47. The van der Waals surface area contributed by atoms with E-state index in [1.807, 2.05) is 25.2 Å². The zero-order valence-electron chi connectivity index (χ0n) is 9.76. The Morgan fingerprint density at radius 3 is 2.88 bits per heavy atom. The second-order valence-electron chi connectivity index (χ2n) is 4.41. The Hall–Kier alpha value is -1.29. The molecule has 1 aromatic heterocycles. The van der Waals surface area contributed by atoms with Crippen molar-refractivity contribution in [2.75, 3.05) is 25.6 Å². The second-order valence-corrected chi connectivity index (χ2v) is 4.41. The lowest BCUT2D eigenvalue weighted by Crippen LogP contribution is -2.37. The Kier molecular flexibility index (Phi) is 3.29. The number of ether oxygens (including phenoxy) is 1. The summed E-state index contributed by atoms with van der Waals surface area (Å²) >= 11 is 0. The van der Waals surface area contributed by atoms with Crippen LogP contribution in [0.25, 0.3) is 0 Å². The highest BCUT2D eigenvalue weighted by molar-refractivity contribution is 5.39. The molecule has 0 amide bonds. The van der Waals surface area contributed by atoms with Gasteiger partial charge < -0.3 is 14.7 Å². The van der Waals surface area contributed by atoms with Gasteiger partial charge in [-0.05, 0) is 24.8 Å². The van der Waals surface area contributed by atoms with Crippen LogP contribution in [-0.2, 0) is 0 Å². The summed E-state index contributed by atoms with van der Waals surface area (Å²) < 4.78 is 5.09. The van der Waals surface area contributed by atoms with Crippen LogP contribution in [0.15, 0.2) is 18.2 Å². The first kappa shape index (κ1) is 11.2. The summed E-state index contributed by atoms with van der Waals surface area (Å²) in [5.74, 6) is 2.15. The van der Waals surface area contributed by atoms with Crippen LogP contribution < -0.4 is 9.64 Å². The number of methoxy groups -OCH3 is 1. The highest BCUT2D eigenvalue weighted by Gasteiger charge is 2.28. The van der Waals surface area contributed by atoms with E-state index >= 15 is 0 Å². The molecule has 1 aliphatic rings. The number of aliphatic hydroxyl groups excluding tert-OH is 1. The molecular formula is C12H18N2O2. The standard InChI is InChI=1S/C12H18N2O2/c1-14(8-9-6-10(15)7-9)11-4-3-5-12(13-11)16-2/h3-5,9-10,15H,6-8H2,1-2H3. The van der Waals surface area contributed by atoms with Crippen molar-refractivity contribution in [1.29, 1.82) is 0 Å². The molecule has 4 heteroatoms. The smallest absolute Gasteiger partial charge is 0.214 e. The van der Waals surface area contributed by atoms with E-state index in [0.717, 1.165) is 25.2 Å². The molecular weight excluding hydrogens is 204 g/mol. The van der Waals surface area contributed by atoms with Gasteiger partial charge in [-0.15, -0.1) is 0 Å². The molecule has 4 nitrogen and oxygen atoms in total. The van der Waals surface area contributed by atoms with Crippen molar-refractivity contribution in [3.05, 3.63) is 18.2 Å². The van der Waals surface area contributed by atoms with Crippen molar-refractivity contribution >= 4 is 5.82 Å².